The van der Waals surface area contributed by atoms with Gasteiger partial charge in [-0.1, -0.05) is 0 Å². The Balaban J connectivity index is 1.88. The van der Waals surface area contributed by atoms with Gasteiger partial charge in [-0.15, -0.1) is 0 Å². The number of anilines is 2. The van der Waals surface area contributed by atoms with E-state index in [4.69, 9.17) is 5.73 Å². The summed E-state index contributed by atoms with van der Waals surface area (Å²) >= 11 is 0. The fourth-order valence-electron chi connectivity index (χ4n) is 1.65. The van der Waals surface area contributed by atoms with Crippen LogP contribution in [-0.4, -0.2) is 15.7 Å². The van der Waals surface area contributed by atoms with Gasteiger partial charge in [-0.25, -0.2) is 4.39 Å². The topological polar surface area (TPSA) is 72.9 Å². The number of aromatic nitrogens is 2. The summed E-state index contributed by atoms with van der Waals surface area (Å²) in [5, 5.41) is 6.75. The number of hydrogen-bond donors (Lipinski definition) is 2. The van der Waals surface area contributed by atoms with Crippen molar-refractivity contribution < 1.29 is 9.18 Å². The summed E-state index contributed by atoms with van der Waals surface area (Å²) in [5.41, 5.74) is 6.97. The number of nitrogens with zero attached hydrogens (tertiary/aromatic N) is 2. The van der Waals surface area contributed by atoms with Crippen molar-refractivity contribution >= 4 is 17.3 Å². The lowest BCUT2D eigenvalue weighted by Crippen LogP contribution is -2.15. The predicted molar refractivity (Wildman–Crippen MR) is 71.0 cm³/mol. The van der Waals surface area contributed by atoms with E-state index in [2.05, 4.69) is 10.4 Å². The molecule has 3 N–H and O–H groups in total. The number of hydrogen-bond acceptors (Lipinski definition) is 3. The lowest BCUT2D eigenvalue weighted by Gasteiger charge is -2.06. The Morgan fingerprint density at radius 3 is 2.95 bits per heavy atom. The second-order valence-electron chi connectivity index (χ2n) is 4.32. The van der Waals surface area contributed by atoms with Gasteiger partial charge in [-0.3, -0.25) is 9.48 Å². The lowest BCUT2D eigenvalue weighted by atomic mass is 10.2. The Morgan fingerprint density at radius 2 is 2.32 bits per heavy atom. The molecule has 19 heavy (non-hydrogen) atoms. The average molecular weight is 262 g/mol. The van der Waals surface area contributed by atoms with Crippen LogP contribution in [0.3, 0.4) is 0 Å². The Labute approximate surface area is 110 Å². The molecule has 0 aliphatic rings. The van der Waals surface area contributed by atoms with E-state index in [0.717, 1.165) is 5.56 Å². The third-order valence-electron chi connectivity index (χ3n) is 2.61. The third kappa shape index (κ3) is 3.54. The van der Waals surface area contributed by atoms with E-state index in [1.807, 2.05) is 13.1 Å². The molecular weight excluding hydrogens is 247 g/mol. The van der Waals surface area contributed by atoms with Crippen molar-refractivity contribution in [2.24, 2.45) is 0 Å². The molecule has 5 nitrogen and oxygen atoms in total. The minimum absolute atomic E-state index is 0.0144. The van der Waals surface area contributed by atoms with Gasteiger partial charge >= 0.3 is 0 Å². The number of benzene rings is 1. The van der Waals surface area contributed by atoms with E-state index in [0.29, 0.717) is 18.7 Å². The molecule has 1 aromatic carbocycles. The third-order valence-corrected chi connectivity index (χ3v) is 2.61. The number of halogens is 1. The fourth-order valence-corrected chi connectivity index (χ4v) is 1.65. The maximum absolute atomic E-state index is 13.0. The van der Waals surface area contributed by atoms with E-state index in [9.17, 15) is 9.18 Å². The molecular formula is C13H15FN4O. The summed E-state index contributed by atoms with van der Waals surface area (Å²) < 4.78 is 14.7. The first-order chi connectivity index (χ1) is 9.04. The van der Waals surface area contributed by atoms with Gasteiger partial charge in [-0.2, -0.15) is 5.10 Å². The zero-order valence-electron chi connectivity index (χ0n) is 10.6. The first-order valence-electron chi connectivity index (χ1n) is 5.88. The second-order valence-corrected chi connectivity index (χ2v) is 4.32. The molecule has 0 saturated carbocycles. The first-order valence-corrected chi connectivity index (χ1v) is 5.88. The largest absolute Gasteiger partial charge is 0.396 e. The summed E-state index contributed by atoms with van der Waals surface area (Å²) in [6.07, 6.45) is 3.89. The van der Waals surface area contributed by atoms with Crippen LogP contribution in [0.2, 0.25) is 0 Å². The molecule has 0 unspecified atom stereocenters. The molecule has 1 amide bonds. The van der Waals surface area contributed by atoms with E-state index < -0.39 is 5.82 Å². The van der Waals surface area contributed by atoms with Crippen LogP contribution in [0.25, 0.3) is 0 Å². The van der Waals surface area contributed by atoms with Gasteiger partial charge in [0.05, 0.1) is 11.9 Å². The molecule has 0 atom stereocenters. The molecule has 0 radical (unpaired) electrons. The van der Waals surface area contributed by atoms with Crippen LogP contribution in [0.1, 0.15) is 12.0 Å². The molecule has 1 heterocycles. The minimum Gasteiger partial charge on any atom is -0.396 e. The van der Waals surface area contributed by atoms with Crippen molar-refractivity contribution in [3.63, 3.8) is 0 Å². The zero-order valence-corrected chi connectivity index (χ0v) is 10.6. The molecule has 0 aliphatic heterocycles. The molecule has 6 heteroatoms. The SMILES string of the molecule is Cc1cnn(CCC(=O)Nc2ccc(F)c(N)c2)c1. The summed E-state index contributed by atoms with van der Waals surface area (Å²) in [5.74, 6) is -0.663. The molecule has 0 saturated heterocycles. The summed E-state index contributed by atoms with van der Waals surface area (Å²) in [7, 11) is 0. The molecule has 0 fully saturated rings. The highest BCUT2D eigenvalue weighted by atomic mass is 19.1. The minimum atomic E-state index is -0.495. The van der Waals surface area contributed by atoms with E-state index in [1.165, 1.54) is 18.2 Å². The molecule has 2 aromatic rings. The van der Waals surface area contributed by atoms with E-state index >= 15 is 0 Å². The van der Waals surface area contributed by atoms with Crippen LogP contribution in [0.4, 0.5) is 15.8 Å². The number of nitrogen functional groups attached to an aromatic ring is 1. The van der Waals surface area contributed by atoms with Gasteiger partial charge < -0.3 is 11.1 Å². The van der Waals surface area contributed by atoms with Crippen molar-refractivity contribution in [2.75, 3.05) is 11.1 Å². The molecule has 0 spiro atoms. The number of carbonyl (C=O) groups is 1. The van der Waals surface area contributed by atoms with Gasteiger partial charge in [0, 0.05) is 24.8 Å². The van der Waals surface area contributed by atoms with Gasteiger partial charge in [0.15, 0.2) is 0 Å². The van der Waals surface area contributed by atoms with Gasteiger partial charge in [0.1, 0.15) is 5.82 Å². The number of nitrogens with one attached hydrogen (secondary N) is 1. The van der Waals surface area contributed by atoms with E-state index in [-0.39, 0.29) is 11.6 Å². The van der Waals surface area contributed by atoms with Gasteiger partial charge in [0.25, 0.3) is 0 Å². The molecule has 1 aromatic heterocycles. The predicted octanol–water partition coefficient (Wildman–Crippen LogP) is 1.94. The first kappa shape index (κ1) is 13.1. The Kier molecular flexibility index (Phi) is 3.79. The maximum atomic E-state index is 13.0. The smallest absolute Gasteiger partial charge is 0.226 e. The second kappa shape index (κ2) is 5.51. The van der Waals surface area contributed by atoms with Crippen LogP contribution >= 0.6 is 0 Å². The molecule has 0 bridgehead atoms. The zero-order chi connectivity index (χ0) is 13.8. The number of amides is 1. The van der Waals surface area contributed by atoms with Crippen molar-refractivity contribution in [3.05, 3.63) is 42.0 Å². The van der Waals surface area contributed by atoms with Crippen LogP contribution in [0.5, 0.6) is 0 Å². The van der Waals surface area contributed by atoms with Crippen LogP contribution < -0.4 is 11.1 Å². The van der Waals surface area contributed by atoms with Crippen molar-refractivity contribution in [2.45, 2.75) is 19.9 Å². The number of aryl methyl sites for hydroxylation is 2. The quantitative estimate of drug-likeness (QED) is 0.827. The highest BCUT2D eigenvalue weighted by Gasteiger charge is 2.05. The summed E-state index contributed by atoms with van der Waals surface area (Å²) in [4.78, 5) is 11.7. The Bertz CT molecular complexity index is 594. The highest BCUT2D eigenvalue weighted by Crippen LogP contribution is 2.16. The van der Waals surface area contributed by atoms with Gasteiger partial charge in [-0.05, 0) is 30.7 Å². The monoisotopic (exact) mass is 262 g/mol. The molecule has 2 rings (SSSR count). The number of carbonyl (C=O) groups excluding carboxylic acids is 1. The average Bonchev–Trinajstić information content (AvgIpc) is 2.77. The van der Waals surface area contributed by atoms with Crippen LogP contribution in [0.15, 0.2) is 30.6 Å². The normalized spacial score (nSPS) is 10.4. The Morgan fingerprint density at radius 1 is 1.53 bits per heavy atom. The maximum Gasteiger partial charge on any atom is 0.226 e. The van der Waals surface area contributed by atoms with Gasteiger partial charge in [0.2, 0.25) is 5.91 Å². The Hall–Kier alpha value is -2.37. The number of nitrogens with two attached hydrogens (primary N) is 1. The fraction of sp³-hybridized carbons (Fsp3) is 0.231. The standard InChI is InChI=1S/C13H15FN4O/c1-9-7-16-18(8-9)5-4-13(19)17-10-2-3-11(14)12(15)6-10/h2-3,6-8H,4-5,15H2,1H3,(H,17,19). The van der Waals surface area contributed by atoms with E-state index in [1.54, 1.807) is 10.9 Å². The van der Waals surface area contributed by atoms with Crippen LogP contribution in [-0.2, 0) is 11.3 Å². The molecule has 100 valence electrons. The van der Waals surface area contributed by atoms with Crippen molar-refractivity contribution in [1.29, 1.82) is 0 Å². The van der Waals surface area contributed by atoms with Crippen LogP contribution in [0, 0.1) is 12.7 Å². The molecule has 0 aliphatic carbocycles. The highest BCUT2D eigenvalue weighted by molar-refractivity contribution is 5.91. The summed E-state index contributed by atoms with van der Waals surface area (Å²) in [6, 6.07) is 4.09. The summed E-state index contributed by atoms with van der Waals surface area (Å²) in [6.45, 7) is 2.43. The lowest BCUT2D eigenvalue weighted by molar-refractivity contribution is -0.116. The van der Waals surface area contributed by atoms with Crippen molar-refractivity contribution in [3.8, 4) is 0 Å². The number of rotatable bonds is 4. The van der Waals surface area contributed by atoms with Crippen molar-refractivity contribution in [1.82, 2.24) is 9.78 Å².